The summed E-state index contributed by atoms with van der Waals surface area (Å²) in [7, 11) is 0. The Hall–Kier alpha value is -0.640. The number of aliphatic hydroxyl groups is 1. The van der Waals surface area contributed by atoms with Gasteiger partial charge >= 0.3 is 0 Å². The van der Waals surface area contributed by atoms with E-state index in [1.807, 2.05) is 44.4 Å². The Bertz CT molecular complexity index is 283. The fourth-order valence-electron chi connectivity index (χ4n) is 0.965. The highest BCUT2D eigenvalue weighted by molar-refractivity contribution is 7.10. The number of thiophene rings is 1. The molecule has 0 aliphatic rings. The van der Waals surface area contributed by atoms with Crippen LogP contribution in [0.25, 0.3) is 6.08 Å². The first-order chi connectivity index (χ1) is 6.47. The Morgan fingerprint density at radius 3 is 2.71 bits per heavy atom. The molecule has 14 heavy (non-hydrogen) atoms. The Balaban J connectivity index is 2.45. The van der Waals surface area contributed by atoms with Crippen molar-refractivity contribution in [3.8, 4) is 0 Å². The molecule has 1 aromatic heterocycles. The van der Waals surface area contributed by atoms with Crippen molar-refractivity contribution in [2.24, 2.45) is 0 Å². The van der Waals surface area contributed by atoms with E-state index in [4.69, 9.17) is 4.74 Å². The van der Waals surface area contributed by atoms with Gasteiger partial charge in [0.1, 0.15) is 0 Å². The normalized spacial score (nSPS) is 14.9. The highest BCUT2D eigenvalue weighted by Gasteiger charge is 2.13. The van der Waals surface area contributed by atoms with E-state index in [9.17, 15) is 5.11 Å². The van der Waals surface area contributed by atoms with Crippen molar-refractivity contribution in [1.82, 2.24) is 0 Å². The lowest BCUT2D eigenvalue weighted by atomic mass is 10.2. The third-order valence-corrected chi connectivity index (χ3v) is 2.28. The summed E-state index contributed by atoms with van der Waals surface area (Å²) in [4.78, 5) is 1.11. The van der Waals surface area contributed by atoms with Crippen molar-refractivity contribution in [3.63, 3.8) is 0 Å². The van der Waals surface area contributed by atoms with E-state index in [-0.39, 0.29) is 5.60 Å². The number of aliphatic hydroxyl groups excluding tert-OH is 1. The Morgan fingerprint density at radius 2 is 2.21 bits per heavy atom. The maximum Gasteiger partial charge on any atom is 0.175 e. The Labute approximate surface area is 88.8 Å². The molecule has 1 N–H and O–H groups in total. The molecule has 0 bridgehead atoms. The molecule has 1 unspecified atom stereocenters. The van der Waals surface area contributed by atoms with Crippen LogP contribution < -0.4 is 0 Å². The molecule has 1 aromatic rings. The third-order valence-electron chi connectivity index (χ3n) is 1.44. The van der Waals surface area contributed by atoms with E-state index in [0.29, 0.717) is 0 Å². The summed E-state index contributed by atoms with van der Waals surface area (Å²) in [5.41, 5.74) is -0.320. The second kappa shape index (κ2) is 4.73. The molecule has 0 aliphatic heterocycles. The van der Waals surface area contributed by atoms with E-state index >= 15 is 0 Å². The van der Waals surface area contributed by atoms with Crippen LogP contribution in [0.3, 0.4) is 0 Å². The van der Waals surface area contributed by atoms with Gasteiger partial charge in [-0.15, -0.1) is 11.3 Å². The zero-order valence-electron chi connectivity index (χ0n) is 8.73. The van der Waals surface area contributed by atoms with Gasteiger partial charge in [0.05, 0.1) is 5.60 Å². The molecule has 0 aromatic carbocycles. The second-order valence-corrected chi connectivity index (χ2v) is 4.97. The minimum Gasteiger partial charge on any atom is -0.365 e. The summed E-state index contributed by atoms with van der Waals surface area (Å²) in [6.45, 7) is 5.74. The maximum atomic E-state index is 9.48. The first kappa shape index (κ1) is 11.4. The molecule has 0 radical (unpaired) electrons. The molecule has 1 atom stereocenters. The van der Waals surface area contributed by atoms with Crippen LogP contribution in [0.4, 0.5) is 0 Å². The topological polar surface area (TPSA) is 29.5 Å². The molecule has 0 aliphatic carbocycles. The van der Waals surface area contributed by atoms with Gasteiger partial charge in [-0.1, -0.05) is 6.07 Å². The largest absolute Gasteiger partial charge is 0.365 e. The van der Waals surface area contributed by atoms with E-state index in [1.165, 1.54) is 0 Å². The molecule has 1 rings (SSSR count). The molecule has 78 valence electrons. The van der Waals surface area contributed by atoms with Gasteiger partial charge in [0.25, 0.3) is 0 Å². The van der Waals surface area contributed by atoms with Crippen LogP contribution in [0, 0.1) is 0 Å². The molecule has 0 spiro atoms. The van der Waals surface area contributed by atoms with Crippen molar-refractivity contribution in [1.29, 1.82) is 0 Å². The van der Waals surface area contributed by atoms with Crippen LogP contribution >= 0.6 is 11.3 Å². The molecule has 1 heterocycles. The fraction of sp³-hybridized carbons (Fsp3) is 0.455. The quantitative estimate of drug-likeness (QED) is 0.781. The Morgan fingerprint density at radius 1 is 1.50 bits per heavy atom. The maximum absolute atomic E-state index is 9.48. The van der Waals surface area contributed by atoms with Gasteiger partial charge in [-0.05, 0) is 44.4 Å². The minimum atomic E-state index is -0.836. The summed E-state index contributed by atoms with van der Waals surface area (Å²) in [5, 5.41) is 11.5. The predicted octanol–water partition coefficient (Wildman–Crippen LogP) is 2.89. The first-order valence-corrected chi connectivity index (χ1v) is 5.43. The standard InChI is InChI=1S/C11H16O2S/c1-11(2,3)13-10(12)7-6-9-5-4-8-14-9/h4-8,10,12H,1-3H3/b7-6+. The lowest BCUT2D eigenvalue weighted by Gasteiger charge is -2.21. The minimum absolute atomic E-state index is 0.320. The zero-order valence-corrected chi connectivity index (χ0v) is 9.54. The van der Waals surface area contributed by atoms with Crippen molar-refractivity contribution < 1.29 is 9.84 Å². The molecule has 0 amide bonds. The molecule has 2 nitrogen and oxygen atoms in total. The third kappa shape index (κ3) is 4.56. The molecular weight excluding hydrogens is 196 g/mol. The van der Waals surface area contributed by atoms with Crippen molar-refractivity contribution >= 4 is 17.4 Å². The summed E-state index contributed by atoms with van der Waals surface area (Å²) in [6, 6.07) is 3.96. The highest BCUT2D eigenvalue weighted by atomic mass is 32.1. The predicted molar refractivity (Wildman–Crippen MR) is 60.2 cm³/mol. The number of hydrogen-bond donors (Lipinski definition) is 1. The van der Waals surface area contributed by atoms with Crippen LogP contribution in [0.1, 0.15) is 25.6 Å². The molecule has 0 saturated carbocycles. The smallest absolute Gasteiger partial charge is 0.175 e. The van der Waals surface area contributed by atoms with Crippen molar-refractivity contribution in [3.05, 3.63) is 28.5 Å². The van der Waals surface area contributed by atoms with E-state index in [2.05, 4.69) is 0 Å². The second-order valence-electron chi connectivity index (χ2n) is 4.00. The summed E-state index contributed by atoms with van der Waals surface area (Å²) < 4.78 is 5.31. The highest BCUT2D eigenvalue weighted by Crippen LogP contribution is 2.13. The van der Waals surface area contributed by atoms with Gasteiger partial charge < -0.3 is 9.84 Å². The van der Waals surface area contributed by atoms with Gasteiger partial charge in [-0.2, -0.15) is 0 Å². The average molecular weight is 212 g/mol. The fourth-order valence-corrected chi connectivity index (χ4v) is 1.59. The van der Waals surface area contributed by atoms with Crippen LogP contribution in [-0.4, -0.2) is 17.0 Å². The SMILES string of the molecule is CC(C)(C)OC(O)/C=C/c1cccs1. The number of ether oxygens (including phenoxy) is 1. The van der Waals surface area contributed by atoms with E-state index < -0.39 is 6.29 Å². The Kier molecular flexibility index (Phi) is 3.86. The van der Waals surface area contributed by atoms with Crippen LogP contribution in [0.2, 0.25) is 0 Å². The number of rotatable bonds is 3. The van der Waals surface area contributed by atoms with Gasteiger partial charge in [0.2, 0.25) is 0 Å². The van der Waals surface area contributed by atoms with Crippen molar-refractivity contribution in [2.75, 3.05) is 0 Å². The van der Waals surface area contributed by atoms with Gasteiger partial charge in [0.15, 0.2) is 6.29 Å². The molecular formula is C11H16O2S. The lowest BCUT2D eigenvalue weighted by Crippen LogP contribution is -2.25. The van der Waals surface area contributed by atoms with E-state index in [0.717, 1.165) is 4.88 Å². The summed E-state index contributed by atoms with van der Waals surface area (Å²) in [5.74, 6) is 0. The average Bonchev–Trinajstić information content (AvgIpc) is 2.49. The molecule has 0 fully saturated rings. The van der Waals surface area contributed by atoms with Crippen LogP contribution in [0.15, 0.2) is 23.6 Å². The van der Waals surface area contributed by atoms with Gasteiger partial charge in [-0.25, -0.2) is 0 Å². The van der Waals surface area contributed by atoms with Crippen LogP contribution in [0.5, 0.6) is 0 Å². The summed E-state index contributed by atoms with van der Waals surface area (Å²) in [6.07, 6.45) is 2.68. The first-order valence-electron chi connectivity index (χ1n) is 4.55. The monoisotopic (exact) mass is 212 g/mol. The van der Waals surface area contributed by atoms with Gasteiger partial charge in [-0.3, -0.25) is 0 Å². The van der Waals surface area contributed by atoms with Crippen molar-refractivity contribution in [2.45, 2.75) is 32.7 Å². The van der Waals surface area contributed by atoms with E-state index in [1.54, 1.807) is 17.4 Å². The lowest BCUT2D eigenvalue weighted by molar-refractivity contribution is -0.137. The van der Waals surface area contributed by atoms with Crippen LogP contribution in [-0.2, 0) is 4.74 Å². The molecule has 0 saturated heterocycles. The summed E-state index contributed by atoms with van der Waals surface area (Å²) >= 11 is 1.63. The number of hydrogen-bond acceptors (Lipinski definition) is 3. The zero-order chi connectivity index (χ0) is 10.6. The molecule has 3 heteroatoms. The van der Waals surface area contributed by atoms with Gasteiger partial charge in [0, 0.05) is 4.88 Å².